The number of thiazole rings is 1. The minimum Gasteiger partial charge on any atom is -0.302 e. The Morgan fingerprint density at radius 1 is 1.40 bits per heavy atom. The lowest BCUT2D eigenvalue weighted by atomic mass is 10.0. The first-order valence-corrected chi connectivity index (χ1v) is 8.74. The van der Waals surface area contributed by atoms with E-state index in [1.807, 2.05) is 25.1 Å². The Bertz CT molecular complexity index is 972. The summed E-state index contributed by atoms with van der Waals surface area (Å²) in [6.07, 6.45) is 0.940. The number of pyridine rings is 1. The number of hydrogen-bond acceptors (Lipinski definition) is 4. The molecule has 1 N–H and O–H groups in total. The van der Waals surface area contributed by atoms with E-state index >= 15 is 0 Å². The third-order valence-corrected chi connectivity index (χ3v) is 5.22. The monoisotopic (exact) mass is 359 g/mol. The number of halogens is 2. The molecule has 7 heteroatoms. The molecule has 1 aliphatic rings. The number of nitrogens with one attached hydrogen (secondary N) is 1. The van der Waals surface area contributed by atoms with Gasteiger partial charge in [0.2, 0.25) is 5.91 Å². The van der Waals surface area contributed by atoms with Crippen molar-refractivity contribution in [3.8, 4) is 11.1 Å². The molecule has 0 bridgehead atoms. The highest BCUT2D eigenvalue weighted by Crippen LogP contribution is 2.36. The van der Waals surface area contributed by atoms with Crippen LogP contribution in [0.4, 0.5) is 13.9 Å². The highest BCUT2D eigenvalue weighted by Gasteiger charge is 2.43. The first-order chi connectivity index (χ1) is 12.0. The maximum absolute atomic E-state index is 13.0. The molecule has 4 nitrogen and oxygen atoms in total. The number of anilines is 1. The normalized spacial score (nSPS) is 19.2. The molecule has 2 heterocycles. The van der Waals surface area contributed by atoms with E-state index in [1.54, 1.807) is 12.3 Å². The molecule has 3 aromatic rings. The van der Waals surface area contributed by atoms with Crippen LogP contribution in [-0.4, -0.2) is 22.0 Å². The molecule has 0 saturated heterocycles. The van der Waals surface area contributed by atoms with Gasteiger partial charge in [-0.1, -0.05) is 17.4 Å². The summed E-state index contributed by atoms with van der Waals surface area (Å²) in [4.78, 5) is 20.3. The molecular weight excluding hydrogens is 344 g/mol. The van der Waals surface area contributed by atoms with Gasteiger partial charge in [-0.3, -0.25) is 9.78 Å². The van der Waals surface area contributed by atoms with E-state index in [0.29, 0.717) is 17.2 Å². The average Bonchev–Trinajstić information content (AvgIpc) is 3.20. The summed E-state index contributed by atoms with van der Waals surface area (Å²) in [6, 6.07) is 7.50. The van der Waals surface area contributed by atoms with E-state index < -0.39 is 18.8 Å². The second-order valence-electron chi connectivity index (χ2n) is 6.17. The average molecular weight is 359 g/mol. The number of fused-ring (bicyclic) bond motifs is 1. The fraction of sp³-hybridized carbons (Fsp3) is 0.278. The summed E-state index contributed by atoms with van der Waals surface area (Å²) in [7, 11) is 0. The summed E-state index contributed by atoms with van der Waals surface area (Å²) < 4.78 is 26.6. The number of rotatable bonds is 4. The maximum Gasteiger partial charge on any atom is 0.232 e. The fourth-order valence-corrected chi connectivity index (χ4v) is 3.68. The van der Waals surface area contributed by atoms with Gasteiger partial charge in [0.05, 0.1) is 21.8 Å². The van der Waals surface area contributed by atoms with E-state index in [4.69, 9.17) is 0 Å². The predicted molar refractivity (Wildman–Crippen MR) is 94.0 cm³/mol. The lowest BCUT2D eigenvalue weighted by Crippen LogP contribution is -2.14. The Labute approximate surface area is 146 Å². The van der Waals surface area contributed by atoms with Crippen LogP contribution in [0.5, 0.6) is 0 Å². The molecule has 128 valence electrons. The Kier molecular flexibility index (Phi) is 3.95. The Morgan fingerprint density at radius 2 is 2.20 bits per heavy atom. The van der Waals surface area contributed by atoms with Gasteiger partial charge in [-0.15, -0.1) is 0 Å². The molecule has 2 atom stereocenters. The van der Waals surface area contributed by atoms with Crippen molar-refractivity contribution in [2.45, 2.75) is 26.2 Å². The number of alkyl halides is 2. The summed E-state index contributed by atoms with van der Waals surface area (Å²) in [5.74, 6) is -0.848. The van der Waals surface area contributed by atoms with Crippen LogP contribution in [0.1, 0.15) is 17.7 Å². The smallest absolute Gasteiger partial charge is 0.232 e. The highest BCUT2D eigenvalue weighted by molar-refractivity contribution is 7.22. The van der Waals surface area contributed by atoms with Crippen LogP contribution < -0.4 is 5.32 Å². The molecule has 0 radical (unpaired) electrons. The third kappa shape index (κ3) is 3.11. The van der Waals surface area contributed by atoms with E-state index in [0.717, 1.165) is 26.9 Å². The number of benzene rings is 1. The van der Waals surface area contributed by atoms with Gasteiger partial charge in [-0.2, -0.15) is 0 Å². The number of carbonyl (C=O) groups is 1. The summed E-state index contributed by atoms with van der Waals surface area (Å²) in [5.41, 5.74) is 4.01. The van der Waals surface area contributed by atoms with Crippen LogP contribution in [0, 0.1) is 12.8 Å². The van der Waals surface area contributed by atoms with Crippen LogP contribution >= 0.6 is 11.3 Å². The second-order valence-corrected chi connectivity index (χ2v) is 7.20. The number of nitrogens with zero attached hydrogens (tertiary/aromatic N) is 2. The van der Waals surface area contributed by atoms with Crippen molar-refractivity contribution in [1.29, 1.82) is 0 Å². The zero-order chi connectivity index (χ0) is 17.6. The van der Waals surface area contributed by atoms with Gasteiger partial charge >= 0.3 is 0 Å². The maximum atomic E-state index is 13.0. The summed E-state index contributed by atoms with van der Waals surface area (Å²) in [5, 5.41) is 3.16. The van der Waals surface area contributed by atoms with Crippen molar-refractivity contribution < 1.29 is 13.6 Å². The highest BCUT2D eigenvalue weighted by atomic mass is 32.1. The van der Waals surface area contributed by atoms with Gasteiger partial charge in [0, 0.05) is 11.8 Å². The van der Waals surface area contributed by atoms with Crippen LogP contribution in [0.2, 0.25) is 0 Å². The Morgan fingerprint density at radius 3 is 2.88 bits per heavy atom. The number of hydrogen-bond donors (Lipinski definition) is 1. The molecule has 4 rings (SSSR count). The number of aryl methyl sites for hydroxylation is 1. The number of carbonyl (C=O) groups excluding carboxylic acids is 1. The fourth-order valence-electron chi connectivity index (χ4n) is 2.77. The molecule has 1 aromatic carbocycles. The zero-order valence-corrected chi connectivity index (χ0v) is 14.2. The Hall–Kier alpha value is -2.41. The van der Waals surface area contributed by atoms with Crippen molar-refractivity contribution in [1.82, 2.24) is 9.97 Å². The van der Waals surface area contributed by atoms with Crippen molar-refractivity contribution in [3.63, 3.8) is 0 Å². The summed E-state index contributed by atoms with van der Waals surface area (Å²) >= 11 is 1.35. The van der Waals surface area contributed by atoms with Crippen LogP contribution in [0.15, 0.2) is 30.5 Å². The van der Waals surface area contributed by atoms with Crippen molar-refractivity contribution in [2.75, 3.05) is 5.32 Å². The topological polar surface area (TPSA) is 54.9 Å². The van der Waals surface area contributed by atoms with Crippen molar-refractivity contribution in [3.05, 3.63) is 41.7 Å². The third-order valence-electron chi connectivity index (χ3n) is 4.28. The van der Waals surface area contributed by atoms with Gasteiger partial charge in [0.25, 0.3) is 0 Å². The van der Waals surface area contributed by atoms with E-state index in [1.165, 1.54) is 11.3 Å². The SMILES string of the molecule is Cc1cc(CF)ncc1-c1ccc2nc(NC(=O)C3CC3F)sc2c1. The molecule has 25 heavy (non-hydrogen) atoms. The molecular formula is C18H15F2N3OS. The van der Waals surface area contributed by atoms with Gasteiger partial charge in [-0.25, -0.2) is 13.8 Å². The molecule has 0 spiro atoms. The van der Waals surface area contributed by atoms with Gasteiger partial charge in [0.15, 0.2) is 5.13 Å². The number of aromatic nitrogens is 2. The minimum atomic E-state index is -1.02. The first-order valence-electron chi connectivity index (χ1n) is 7.92. The molecule has 0 aliphatic heterocycles. The Balaban J connectivity index is 1.63. The molecule has 1 fully saturated rings. The van der Waals surface area contributed by atoms with Gasteiger partial charge in [-0.05, 0) is 42.7 Å². The standard InChI is InChI=1S/C18H15F2N3OS/c1-9-4-11(7-19)21-8-13(9)10-2-3-15-16(5-10)25-18(22-15)23-17(24)12-6-14(12)20/h2-5,8,12,14H,6-7H2,1H3,(H,22,23,24). The minimum absolute atomic E-state index is 0.294. The molecule has 1 amide bonds. The quantitative estimate of drug-likeness (QED) is 0.750. The van der Waals surface area contributed by atoms with Gasteiger partial charge < -0.3 is 5.32 Å². The lowest BCUT2D eigenvalue weighted by Gasteiger charge is -2.06. The van der Waals surface area contributed by atoms with Gasteiger partial charge in [0.1, 0.15) is 12.8 Å². The van der Waals surface area contributed by atoms with Crippen molar-refractivity contribution in [2.24, 2.45) is 5.92 Å². The zero-order valence-electron chi connectivity index (χ0n) is 13.4. The van der Waals surface area contributed by atoms with E-state index in [9.17, 15) is 13.6 Å². The number of amides is 1. The first kappa shape index (κ1) is 16.1. The van der Waals surface area contributed by atoms with Crippen LogP contribution in [0.3, 0.4) is 0 Å². The molecule has 2 unspecified atom stereocenters. The predicted octanol–water partition coefficient (Wildman–Crippen LogP) is 4.43. The van der Waals surface area contributed by atoms with Crippen LogP contribution in [-0.2, 0) is 11.5 Å². The van der Waals surface area contributed by atoms with E-state index in [2.05, 4.69) is 15.3 Å². The molecule has 2 aromatic heterocycles. The second kappa shape index (κ2) is 6.15. The summed E-state index contributed by atoms with van der Waals surface area (Å²) in [6.45, 7) is 1.33. The lowest BCUT2D eigenvalue weighted by molar-refractivity contribution is -0.117. The van der Waals surface area contributed by atoms with Crippen molar-refractivity contribution >= 4 is 32.6 Å². The van der Waals surface area contributed by atoms with Crippen LogP contribution in [0.25, 0.3) is 21.3 Å². The van der Waals surface area contributed by atoms with E-state index in [-0.39, 0.29) is 5.91 Å². The molecule has 1 saturated carbocycles. The molecule has 1 aliphatic carbocycles. The largest absolute Gasteiger partial charge is 0.302 e.